The van der Waals surface area contributed by atoms with Gasteiger partial charge in [0.1, 0.15) is 0 Å². The molecule has 0 heterocycles. The number of allylic oxidation sites excluding steroid dienone is 4. The summed E-state index contributed by atoms with van der Waals surface area (Å²) >= 11 is 0. The zero-order chi connectivity index (χ0) is 24.9. The first-order valence-electron chi connectivity index (χ1n) is 14.2. The summed E-state index contributed by atoms with van der Waals surface area (Å²) in [5.74, 6) is 2.80. The molecule has 0 N–H and O–H groups in total. The second kappa shape index (κ2) is 11.0. The molecule has 0 bridgehead atoms. The summed E-state index contributed by atoms with van der Waals surface area (Å²) in [6.07, 6.45) is 11.9. The molecule has 3 atom stereocenters. The maximum atomic E-state index is 2.60. The summed E-state index contributed by atoms with van der Waals surface area (Å²) in [7, 11) is 0. The van der Waals surface area contributed by atoms with Crippen LogP contribution in [0.4, 0.5) is 0 Å². The zero-order valence-electron chi connectivity index (χ0n) is 24.6. The molecule has 6 rings (SSSR count). The normalized spacial score (nSPS) is 23.6. The van der Waals surface area contributed by atoms with Crippen molar-refractivity contribution in [3.63, 3.8) is 0 Å². The third kappa shape index (κ3) is 4.90. The van der Waals surface area contributed by atoms with E-state index >= 15 is 0 Å². The fourth-order valence-electron chi connectivity index (χ4n) is 8.52. The Morgan fingerprint density at radius 1 is 0.711 bits per heavy atom. The standard InChI is InChI=1S/C35H44.2ClH.Zr/c1-20-16-28-26(18-30(20)34(3,4)5)27-19-31(35(6,7)8)21(2)17-29(27)33(28)32-24-13-10-9-12-22(24)23-14-11-15-25(23)32;;;/h11,15-19,22,24,32-33H,9-10,12-14H2,1-8H3;2*1H;/q;;;+2/p-2. The number of hydrogen-bond acceptors (Lipinski definition) is 0. The molecule has 0 spiro atoms. The van der Waals surface area contributed by atoms with Gasteiger partial charge < -0.3 is 24.8 Å². The molecule has 0 aromatic heterocycles. The van der Waals surface area contributed by atoms with Crippen LogP contribution in [0.15, 0.2) is 47.6 Å². The summed E-state index contributed by atoms with van der Waals surface area (Å²) in [4.78, 5) is 0. The van der Waals surface area contributed by atoms with Crippen LogP contribution < -0.4 is 24.8 Å². The van der Waals surface area contributed by atoms with Crippen LogP contribution in [0.1, 0.15) is 113 Å². The molecule has 202 valence electrons. The van der Waals surface area contributed by atoms with E-state index in [0.29, 0.717) is 11.8 Å². The molecule has 1 saturated carbocycles. The van der Waals surface area contributed by atoms with Crippen LogP contribution in [0.25, 0.3) is 11.1 Å². The van der Waals surface area contributed by atoms with Gasteiger partial charge in [0.2, 0.25) is 0 Å². The molecule has 1 fully saturated rings. The maximum Gasteiger partial charge on any atom is 2.00 e. The minimum absolute atomic E-state index is 0. The van der Waals surface area contributed by atoms with Gasteiger partial charge in [-0.1, -0.05) is 96.4 Å². The van der Waals surface area contributed by atoms with Crippen LogP contribution in [0, 0.1) is 31.6 Å². The van der Waals surface area contributed by atoms with Crippen LogP contribution in [0.5, 0.6) is 0 Å². The van der Waals surface area contributed by atoms with Crippen molar-refractivity contribution in [1.82, 2.24) is 0 Å². The van der Waals surface area contributed by atoms with Crippen molar-refractivity contribution in [3.05, 3.63) is 80.9 Å². The van der Waals surface area contributed by atoms with Gasteiger partial charge >= 0.3 is 26.2 Å². The maximum absolute atomic E-state index is 2.60. The third-order valence-electron chi connectivity index (χ3n) is 9.82. The van der Waals surface area contributed by atoms with Gasteiger partial charge in [-0.3, -0.25) is 0 Å². The molecule has 2 aromatic carbocycles. The van der Waals surface area contributed by atoms with E-state index in [2.05, 4.69) is 91.8 Å². The van der Waals surface area contributed by atoms with E-state index < -0.39 is 0 Å². The van der Waals surface area contributed by atoms with Crippen molar-refractivity contribution in [2.75, 3.05) is 0 Å². The first-order chi connectivity index (χ1) is 16.5. The Balaban J connectivity index is 0.00000133. The van der Waals surface area contributed by atoms with Crippen molar-refractivity contribution in [2.24, 2.45) is 17.8 Å². The summed E-state index contributed by atoms with van der Waals surface area (Å²) < 4.78 is 0. The fourth-order valence-corrected chi connectivity index (χ4v) is 8.52. The Labute approximate surface area is 263 Å². The van der Waals surface area contributed by atoms with Crippen LogP contribution in [-0.2, 0) is 37.0 Å². The van der Waals surface area contributed by atoms with Gasteiger partial charge in [0.05, 0.1) is 0 Å². The summed E-state index contributed by atoms with van der Waals surface area (Å²) in [6, 6.07) is 10.4. The summed E-state index contributed by atoms with van der Waals surface area (Å²) in [5.41, 5.74) is 16.0. The Kier molecular flexibility index (Phi) is 9.23. The Morgan fingerprint density at radius 3 is 1.71 bits per heavy atom. The Morgan fingerprint density at radius 2 is 1.21 bits per heavy atom. The quantitative estimate of drug-likeness (QED) is 0.453. The fraction of sp³-hybridized carbons (Fsp3) is 0.543. The van der Waals surface area contributed by atoms with Crippen molar-refractivity contribution in [1.29, 1.82) is 0 Å². The first-order valence-corrected chi connectivity index (χ1v) is 14.2. The number of rotatable bonds is 1. The molecule has 0 saturated heterocycles. The van der Waals surface area contributed by atoms with Gasteiger partial charge in [-0.2, -0.15) is 0 Å². The molecule has 2 aromatic rings. The number of aryl methyl sites for hydroxylation is 2. The molecule has 38 heavy (non-hydrogen) atoms. The van der Waals surface area contributed by atoms with Crippen molar-refractivity contribution in [2.45, 2.75) is 104 Å². The number of halogens is 2. The van der Waals surface area contributed by atoms with Gasteiger partial charge in [-0.05, 0) is 112 Å². The molecule has 0 aliphatic heterocycles. The molecular formula is C35H44Cl2Zr. The van der Waals surface area contributed by atoms with Crippen molar-refractivity contribution in [3.8, 4) is 11.1 Å². The van der Waals surface area contributed by atoms with E-state index in [-0.39, 0.29) is 61.8 Å². The summed E-state index contributed by atoms with van der Waals surface area (Å²) in [6.45, 7) is 18.9. The van der Waals surface area contributed by atoms with E-state index in [1.54, 1.807) is 22.3 Å². The molecule has 4 aliphatic rings. The third-order valence-corrected chi connectivity index (χ3v) is 9.82. The van der Waals surface area contributed by atoms with Crippen LogP contribution in [-0.4, -0.2) is 0 Å². The monoisotopic (exact) mass is 624 g/mol. The second-order valence-corrected chi connectivity index (χ2v) is 14.2. The average Bonchev–Trinajstić information content (AvgIpc) is 3.42. The minimum atomic E-state index is 0. The number of benzene rings is 2. The van der Waals surface area contributed by atoms with Gasteiger partial charge in [0.15, 0.2) is 0 Å². The van der Waals surface area contributed by atoms with E-state index in [9.17, 15) is 0 Å². The molecule has 3 heteroatoms. The second-order valence-electron chi connectivity index (χ2n) is 14.2. The van der Waals surface area contributed by atoms with Gasteiger partial charge in [0, 0.05) is 5.92 Å². The molecule has 0 radical (unpaired) electrons. The van der Waals surface area contributed by atoms with Gasteiger partial charge in [-0.25, -0.2) is 0 Å². The van der Waals surface area contributed by atoms with Crippen LogP contribution in [0.3, 0.4) is 0 Å². The average molecular weight is 627 g/mol. The predicted molar refractivity (Wildman–Crippen MR) is 150 cm³/mol. The van der Waals surface area contributed by atoms with E-state index in [1.807, 2.05) is 0 Å². The first kappa shape index (κ1) is 31.9. The molecule has 0 nitrogen and oxygen atoms in total. The zero-order valence-corrected chi connectivity index (χ0v) is 28.5. The molecular weight excluding hydrogens is 583 g/mol. The topological polar surface area (TPSA) is 0 Å². The SMILES string of the molecule is Cc1cc2c(cc1C(C)(C)C)-c1cc(C(C)(C)C)c(C)cc1C2C1C2=C(CC=C2)C2CCCCC21.[Cl-].[Cl-].[Zr+2]. The van der Waals surface area contributed by atoms with E-state index in [0.717, 1.165) is 11.8 Å². The summed E-state index contributed by atoms with van der Waals surface area (Å²) in [5, 5.41) is 0. The van der Waals surface area contributed by atoms with Crippen molar-refractivity contribution < 1.29 is 51.0 Å². The molecule has 3 unspecified atom stereocenters. The largest absolute Gasteiger partial charge is 2.00 e. The van der Waals surface area contributed by atoms with Crippen LogP contribution >= 0.6 is 0 Å². The smallest absolute Gasteiger partial charge is 1.00 e. The van der Waals surface area contributed by atoms with Crippen molar-refractivity contribution >= 4 is 0 Å². The predicted octanol–water partition coefficient (Wildman–Crippen LogP) is 3.71. The Hall–Kier alpha value is -0.617. The number of fused-ring (bicyclic) bond motifs is 5. The molecule has 0 amide bonds. The Bertz CT molecular complexity index is 1210. The van der Waals surface area contributed by atoms with Gasteiger partial charge in [0.25, 0.3) is 0 Å². The van der Waals surface area contributed by atoms with Crippen LogP contribution in [0.2, 0.25) is 0 Å². The van der Waals surface area contributed by atoms with Gasteiger partial charge in [-0.15, -0.1) is 0 Å². The molecule has 4 aliphatic carbocycles. The number of hydrogen-bond donors (Lipinski definition) is 0. The van der Waals surface area contributed by atoms with E-state index in [4.69, 9.17) is 0 Å². The minimum Gasteiger partial charge on any atom is -1.00 e. The van der Waals surface area contributed by atoms with E-state index in [1.165, 1.54) is 65.5 Å².